The van der Waals surface area contributed by atoms with Gasteiger partial charge in [-0.25, -0.2) is 0 Å². The van der Waals surface area contributed by atoms with Crippen LogP contribution < -0.4 is 10.1 Å². The number of nitrogens with zero attached hydrogens (tertiary/aromatic N) is 2. The highest BCUT2D eigenvalue weighted by Gasteiger charge is 2.17. The fourth-order valence-electron chi connectivity index (χ4n) is 2.63. The molecule has 0 unspecified atom stereocenters. The van der Waals surface area contributed by atoms with Gasteiger partial charge in [-0.3, -0.25) is 10.1 Å². The summed E-state index contributed by atoms with van der Waals surface area (Å²) in [5, 5.41) is 11.2. The van der Waals surface area contributed by atoms with Crippen LogP contribution >= 0.6 is 0 Å². The first-order valence-electron chi connectivity index (χ1n) is 7.92. The van der Waals surface area contributed by atoms with Gasteiger partial charge >= 0.3 is 6.01 Å². The maximum atomic E-state index is 12.3. The summed E-state index contributed by atoms with van der Waals surface area (Å²) in [5.74, 6) is 0.854. The van der Waals surface area contributed by atoms with Gasteiger partial charge in [-0.15, -0.1) is 5.10 Å². The predicted molar refractivity (Wildman–Crippen MR) is 95.2 cm³/mol. The van der Waals surface area contributed by atoms with Crippen LogP contribution in [0.5, 0.6) is 5.75 Å². The lowest BCUT2D eigenvalue weighted by Crippen LogP contribution is -2.12. The van der Waals surface area contributed by atoms with Crippen molar-refractivity contribution in [2.75, 3.05) is 12.4 Å². The number of aryl methyl sites for hydroxylation is 1. The number of nitrogens with one attached hydrogen (secondary N) is 1. The van der Waals surface area contributed by atoms with Crippen molar-refractivity contribution in [3.8, 4) is 17.4 Å². The van der Waals surface area contributed by atoms with Crippen LogP contribution in [0.3, 0.4) is 0 Å². The van der Waals surface area contributed by atoms with Gasteiger partial charge in [0.15, 0.2) is 17.1 Å². The van der Waals surface area contributed by atoms with E-state index in [1.165, 1.54) is 0 Å². The van der Waals surface area contributed by atoms with Crippen molar-refractivity contribution in [1.82, 2.24) is 10.2 Å². The molecule has 0 saturated heterocycles. The summed E-state index contributed by atoms with van der Waals surface area (Å²) in [6.07, 6.45) is 0. The number of benzene rings is 2. The van der Waals surface area contributed by atoms with E-state index in [4.69, 9.17) is 13.6 Å². The number of amides is 1. The van der Waals surface area contributed by atoms with Crippen molar-refractivity contribution < 1.29 is 18.4 Å². The molecule has 4 rings (SSSR count). The second-order valence-electron chi connectivity index (χ2n) is 5.73. The predicted octanol–water partition coefficient (Wildman–Crippen LogP) is 4.05. The molecular formula is C19H15N3O4. The smallest absolute Gasteiger partial charge is 0.322 e. The number of carbonyl (C=O) groups excluding carboxylic acids is 1. The molecule has 7 nitrogen and oxygen atoms in total. The van der Waals surface area contributed by atoms with E-state index in [9.17, 15) is 4.79 Å². The van der Waals surface area contributed by atoms with Crippen LogP contribution in [0.1, 0.15) is 15.9 Å². The Bertz CT molecular complexity index is 1100. The Morgan fingerprint density at radius 1 is 1.08 bits per heavy atom. The van der Waals surface area contributed by atoms with Gasteiger partial charge in [-0.1, -0.05) is 34.9 Å². The Morgan fingerprint density at radius 2 is 1.92 bits per heavy atom. The molecular weight excluding hydrogens is 334 g/mol. The summed E-state index contributed by atoms with van der Waals surface area (Å²) >= 11 is 0. The third-order valence-corrected chi connectivity index (χ3v) is 3.86. The second-order valence-corrected chi connectivity index (χ2v) is 5.73. The second kappa shape index (κ2) is 6.36. The lowest BCUT2D eigenvalue weighted by atomic mass is 10.1. The van der Waals surface area contributed by atoms with Crippen molar-refractivity contribution in [3.05, 3.63) is 59.7 Å². The van der Waals surface area contributed by atoms with E-state index in [0.29, 0.717) is 22.7 Å². The molecule has 1 N–H and O–H groups in total. The summed E-state index contributed by atoms with van der Waals surface area (Å²) in [7, 11) is 1.57. The highest BCUT2D eigenvalue weighted by Crippen LogP contribution is 2.33. The maximum Gasteiger partial charge on any atom is 0.322 e. The average molecular weight is 349 g/mol. The number of rotatable bonds is 4. The molecule has 2 heterocycles. The highest BCUT2D eigenvalue weighted by molar-refractivity contribution is 6.03. The quantitative estimate of drug-likeness (QED) is 0.598. The number of para-hydroxylation sites is 1. The van der Waals surface area contributed by atoms with E-state index in [1.807, 2.05) is 31.2 Å². The van der Waals surface area contributed by atoms with Crippen molar-refractivity contribution >= 4 is 22.9 Å². The van der Waals surface area contributed by atoms with Crippen molar-refractivity contribution in [2.45, 2.75) is 6.92 Å². The molecule has 0 aliphatic heterocycles. The molecule has 0 fully saturated rings. The van der Waals surface area contributed by atoms with Gasteiger partial charge in [0, 0.05) is 10.9 Å². The molecule has 0 spiro atoms. The lowest BCUT2D eigenvalue weighted by Gasteiger charge is -2.01. The lowest BCUT2D eigenvalue weighted by molar-refractivity contribution is 0.102. The summed E-state index contributed by atoms with van der Waals surface area (Å²) in [6.45, 7) is 1.91. The monoisotopic (exact) mass is 349 g/mol. The molecule has 26 heavy (non-hydrogen) atoms. The average Bonchev–Trinajstić information content (AvgIpc) is 3.27. The topological polar surface area (TPSA) is 90.4 Å². The molecule has 0 radical (unpaired) electrons. The van der Waals surface area contributed by atoms with Crippen LogP contribution in [-0.2, 0) is 0 Å². The summed E-state index contributed by atoms with van der Waals surface area (Å²) < 4.78 is 16.5. The third kappa shape index (κ3) is 2.90. The minimum atomic E-state index is -0.324. The molecule has 2 aromatic carbocycles. The Morgan fingerprint density at radius 3 is 2.73 bits per heavy atom. The Hall–Kier alpha value is -3.61. The molecule has 0 aliphatic rings. The highest BCUT2D eigenvalue weighted by atomic mass is 16.5. The van der Waals surface area contributed by atoms with E-state index >= 15 is 0 Å². The molecule has 2 aromatic heterocycles. The fourth-order valence-corrected chi connectivity index (χ4v) is 2.63. The summed E-state index contributed by atoms with van der Waals surface area (Å²) in [6, 6.07) is 14.5. The van der Waals surface area contributed by atoms with Gasteiger partial charge in [0.1, 0.15) is 0 Å². The number of methoxy groups -OCH3 is 1. The van der Waals surface area contributed by atoms with Crippen LogP contribution in [-0.4, -0.2) is 23.2 Å². The van der Waals surface area contributed by atoms with Crippen molar-refractivity contribution in [1.29, 1.82) is 0 Å². The largest absolute Gasteiger partial charge is 0.493 e. The van der Waals surface area contributed by atoms with Gasteiger partial charge in [0.2, 0.25) is 0 Å². The normalized spacial score (nSPS) is 10.8. The molecule has 130 valence electrons. The van der Waals surface area contributed by atoms with Gasteiger partial charge in [-0.2, -0.15) is 0 Å². The first-order chi connectivity index (χ1) is 12.6. The first-order valence-corrected chi connectivity index (χ1v) is 7.92. The van der Waals surface area contributed by atoms with Gasteiger partial charge in [0.05, 0.1) is 7.11 Å². The third-order valence-electron chi connectivity index (χ3n) is 3.86. The molecule has 0 bridgehead atoms. The van der Waals surface area contributed by atoms with E-state index in [-0.39, 0.29) is 17.8 Å². The van der Waals surface area contributed by atoms with Crippen LogP contribution in [0.25, 0.3) is 22.6 Å². The van der Waals surface area contributed by atoms with Crippen LogP contribution in [0.2, 0.25) is 0 Å². The molecule has 4 aromatic rings. The number of hydrogen-bond acceptors (Lipinski definition) is 6. The van der Waals surface area contributed by atoms with Gasteiger partial charge < -0.3 is 13.6 Å². The van der Waals surface area contributed by atoms with Gasteiger partial charge in [-0.05, 0) is 31.2 Å². The number of hydrogen-bond donors (Lipinski definition) is 1. The zero-order valence-corrected chi connectivity index (χ0v) is 14.1. The minimum Gasteiger partial charge on any atom is -0.493 e. The first kappa shape index (κ1) is 15.9. The number of aromatic nitrogens is 2. The zero-order valence-electron chi connectivity index (χ0n) is 14.1. The Balaban J connectivity index is 1.59. The van der Waals surface area contributed by atoms with E-state index in [0.717, 1.165) is 10.9 Å². The Kier molecular flexibility index (Phi) is 3.89. The van der Waals surface area contributed by atoms with Gasteiger partial charge in [0.25, 0.3) is 11.8 Å². The number of anilines is 1. The zero-order chi connectivity index (χ0) is 18.1. The molecule has 7 heteroatoms. The number of fused-ring (bicyclic) bond motifs is 1. The summed E-state index contributed by atoms with van der Waals surface area (Å²) in [4.78, 5) is 12.3. The van der Waals surface area contributed by atoms with Crippen LogP contribution in [0.4, 0.5) is 6.01 Å². The minimum absolute atomic E-state index is 0.000993. The number of ether oxygens (including phenoxy) is 1. The molecule has 0 aliphatic carbocycles. The van der Waals surface area contributed by atoms with E-state index in [1.54, 1.807) is 31.4 Å². The van der Waals surface area contributed by atoms with E-state index in [2.05, 4.69) is 15.5 Å². The summed E-state index contributed by atoms with van der Waals surface area (Å²) in [5.41, 5.74) is 2.09. The van der Waals surface area contributed by atoms with Crippen molar-refractivity contribution in [3.63, 3.8) is 0 Å². The number of furan rings is 1. The number of carbonyl (C=O) groups is 1. The fraction of sp³-hybridized carbons (Fsp3) is 0.105. The Labute approximate surface area is 148 Å². The maximum absolute atomic E-state index is 12.3. The van der Waals surface area contributed by atoms with E-state index < -0.39 is 0 Å². The van der Waals surface area contributed by atoms with Crippen LogP contribution in [0.15, 0.2) is 57.4 Å². The van der Waals surface area contributed by atoms with Crippen LogP contribution in [0, 0.1) is 6.92 Å². The molecule has 1 amide bonds. The van der Waals surface area contributed by atoms with Crippen molar-refractivity contribution in [2.24, 2.45) is 0 Å². The SMILES string of the molecule is COc1cccc2cc(-c3nnc(NC(=O)c4cccc(C)c4)o3)oc12. The molecule has 0 atom stereocenters. The standard InChI is InChI=1S/C19H15N3O4/c1-11-5-3-7-13(9-11)17(23)20-19-22-21-18(26-19)15-10-12-6-4-8-14(24-2)16(12)25-15/h3-10H,1-2H3,(H,20,22,23). The molecule has 0 saturated carbocycles.